The van der Waals surface area contributed by atoms with Crippen molar-refractivity contribution < 1.29 is 19.5 Å². The van der Waals surface area contributed by atoms with Gasteiger partial charge in [0.2, 0.25) is 5.91 Å². The molecule has 2 aromatic carbocycles. The summed E-state index contributed by atoms with van der Waals surface area (Å²) in [5, 5.41) is 11.4. The number of aliphatic carboxylic acids is 1. The van der Waals surface area contributed by atoms with Gasteiger partial charge in [0.25, 0.3) is 0 Å². The number of hydrogen-bond acceptors (Lipinski definition) is 3. The first-order valence-electron chi connectivity index (χ1n) is 9.15. The van der Waals surface area contributed by atoms with Crippen LogP contribution in [-0.4, -0.2) is 48.1 Å². The number of para-hydroxylation sites is 1. The number of carbonyl (C=O) groups excluding carboxylic acids is 2. The molecule has 2 N–H and O–H groups in total. The lowest BCUT2D eigenvalue weighted by atomic mass is 10.1. The normalized spacial score (nSPS) is 12.4. The average Bonchev–Trinajstić information content (AvgIpc) is 3.11. The van der Waals surface area contributed by atoms with Crippen LogP contribution in [0.3, 0.4) is 0 Å². The van der Waals surface area contributed by atoms with Crippen molar-refractivity contribution in [3.8, 4) is 0 Å². The molecule has 1 heterocycles. The fraction of sp³-hybridized carbons (Fsp3) is 0.286. The first-order valence-corrected chi connectivity index (χ1v) is 9.15. The molecule has 0 saturated carbocycles. The summed E-state index contributed by atoms with van der Waals surface area (Å²) in [4.78, 5) is 38.4. The van der Waals surface area contributed by atoms with E-state index in [-0.39, 0.29) is 24.9 Å². The van der Waals surface area contributed by atoms with Crippen LogP contribution < -0.4 is 10.2 Å². The number of nitrogens with zero attached hydrogens (tertiary/aromatic N) is 2. The Kier molecular flexibility index (Phi) is 5.93. The summed E-state index contributed by atoms with van der Waals surface area (Å²) in [6, 6.07) is 14.7. The van der Waals surface area contributed by atoms with Gasteiger partial charge in [0, 0.05) is 31.5 Å². The average molecular weight is 381 g/mol. The number of nitrogens with one attached hydrogen (secondary N) is 1. The fourth-order valence-electron chi connectivity index (χ4n) is 3.16. The molecule has 0 atom stereocenters. The molecule has 1 aliphatic rings. The Hall–Kier alpha value is -3.35. The number of amides is 3. The van der Waals surface area contributed by atoms with Crippen LogP contribution in [0.15, 0.2) is 48.5 Å². The molecule has 7 heteroatoms. The minimum Gasteiger partial charge on any atom is -0.481 e. The van der Waals surface area contributed by atoms with Crippen LogP contribution in [0.4, 0.5) is 16.2 Å². The summed E-state index contributed by atoms with van der Waals surface area (Å²) < 4.78 is 0. The number of benzene rings is 2. The number of rotatable bonds is 6. The van der Waals surface area contributed by atoms with Crippen molar-refractivity contribution >= 4 is 29.3 Å². The topological polar surface area (TPSA) is 90.0 Å². The number of urea groups is 1. The molecule has 1 aliphatic heterocycles. The van der Waals surface area contributed by atoms with Crippen LogP contribution in [-0.2, 0) is 22.4 Å². The zero-order valence-corrected chi connectivity index (χ0v) is 15.7. The number of carboxylic acids is 1. The molecule has 146 valence electrons. The Bertz CT molecular complexity index is 879. The summed E-state index contributed by atoms with van der Waals surface area (Å²) in [5.41, 5.74) is 3.64. The van der Waals surface area contributed by atoms with Gasteiger partial charge in [0.05, 0.1) is 12.8 Å². The maximum atomic E-state index is 12.7. The lowest BCUT2D eigenvalue weighted by Crippen LogP contribution is -2.33. The monoisotopic (exact) mass is 381 g/mol. The molecule has 0 fully saturated rings. The quantitative estimate of drug-likeness (QED) is 0.805. The van der Waals surface area contributed by atoms with Crippen molar-refractivity contribution in [2.45, 2.75) is 19.3 Å². The van der Waals surface area contributed by atoms with Crippen molar-refractivity contribution in [1.82, 2.24) is 4.90 Å². The third kappa shape index (κ3) is 4.68. The molecule has 0 saturated heterocycles. The molecule has 2 aromatic rings. The summed E-state index contributed by atoms with van der Waals surface area (Å²) in [7, 11) is 1.54. The highest BCUT2D eigenvalue weighted by Gasteiger charge is 2.23. The third-order valence-electron chi connectivity index (χ3n) is 4.76. The zero-order valence-electron chi connectivity index (χ0n) is 15.7. The van der Waals surface area contributed by atoms with Crippen LogP contribution in [0.5, 0.6) is 0 Å². The molecule has 0 aliphatic carbocycles. The van der Waals surface area contributed by atoms with Gasteiger partial charge in [0.15, 0.2) is 0 Å². The number of anilines is 2. The third-order valence-corrected chi connectivity index (χ3v) is 4.76. The molecule has 3 rings (SSSR count). The van der Waals surface area contributed by atoms with Crippen molar-refractivity contribution in [3.05, 3.63) is 59.7 Å². The predicted molar refractivity (Wildman–Crippen MR) is 107 cm³/mol. The molecule has 0 spiro atoms. The second-order valence-electron chi connectivity index (χ2n) is 6.79. The van der Waals surface area contributed by atoms with E-state index in [4.69, 9.17) is 5.11 Å². The molecule has 7 nitrogen and oxygen atoms in total. The van der Waals surface area contributed by atoms with Crippen molar-refractivity contribution in [1.29, 1.82) is 0 Å². The Morgan fingerprint density at radius 1 is 1.11 bits per heavy atom. The fourth-order valence-corrected chi connectivity index (χ4v) is 3.16. The van der Waals surface area contributed by atoms with E-state index >= 15 is 0 Å². The van der Waals surface area contributed by atoms with Gasteiger partial charge in [-0.25, -0.2) is 4.79 Å². The predicted octanol–water partition coefficient (Wildman–Crippen LogP) is 2.76. The number of carboxylic acid groups (broad SMARTS) is 1. The van der Waals surface area contributed by atoms with E-state index in [0.717, 1.165) is 17.7 Å². The first-order chi connectivity index (χ1) is 13.4. The lowest BCUT2D eigenvalue weighted by Gasteiger charge is -2.18. The maximum Gasteiger partial charge on any atom is 0.321 e. The van der Waals surface area contributed by atoms with Crippen LogP contribution in [0, 0.1) is 0 Å². The molecule has 28 heavy (non-hydrogen) atoms. The Labute approximate surface area is 163 Å². The van der Waals surface area contributed by atoms with Gasteiger partial charge in [-0.05, 0) is 35.7 Å². The van der Waals surface area contributed by atoms with Gasteiger partial charge in [-0.1, -0.05) is 30.3 Å². The minimum absolute atomic E-state index is 0.0511. The van der Waals surface area contributed by atoms with Crippen molar-refractivity contribution in [2.24, 2.45) is 0 Å². The van der Waals surface area contributed by atoms with Crippen LogP contribution in [0.25, 0.3) is 0 Å². The lowest BCUT2D eigenvalue weighted by molar-refractivity contribution is -0.137. The number of hydrogen-bond donors (Lipinski definition) is 2. The molecule has 0 bridgehead atoms. The molecule has 0 unspecified atom stereocenters. The number of fused-ring (bicyclic) bond motifs is 1. The van der Waals surface area contributed by atoms with Crippen molar-refractivity contribution in [3.63, 3.8) is 0 Å². The molecule has 3 amide bonds. The van der Waals surface area contributed by atoms with Gasteiger partial charge in [-0.3, -0.25) is 9.59 Å². The van der Waals surface area contributed by atoms with E-state index < -0.39 is 5.97 Å². The molecule has 0 radical (unpaired) electrons. The highest BCUT2D eigenvalue weighted by Crippen LogP contribution is 2.28. The molecule has 0 aromatic heterocycles. The van der Waals surface area contributed by atoms with E-state index in [2.05, 4.69) is 5.32 Å². The van der Waals surface area contributed by atoms with Gasteiger partial charge in [0.1, 0.15) is 0 Å². The Morgan fingerprint density at radius 3 is 2.54 bits per heavy atom. The Morgan fingerprint density at radius 2 is 1.82 bits per heavy atom. The minimum atomic E-state index is -0.950. The smallest absolute Gasteiger partial charge is 0.321 e. The summed E-state index contributed by atoms with van der Waals surface area (Å²) in [6.07, 6.45) is 1.06. The standard InChI is InChI=1S/C21H23N3O4/c1-23(12-11-20(26)27)21(28)22-17-8-6-15(7-9-17)14-19(25)24-13-10-16-4-2-3-5-18(16)24/h2-9H,10-14H2,1H3,(H,22,28)(H,26,27). The van der Waals surface area contributed by atoms with Gasteiger partial charge in [-0.2, -0.15) is 0 Å². The summed E-state index contributed by atoms with van der Waals surface area (Å²) in [6.45, 7) is 0.833. The van der Waals surface area contributed by atoms with E-state index in [1.165, 1.54) is 10.5 Å². The highest BCUT2D eigenvalue weighted by atomic mass is 16.4. The highest BCUT2D eigenvalue weighted by molar-refractivity contribution is 5.96. The summed E-state index contributed by atoms with van der Waals surface area (Å²) in [5.74, 6) is -0.899. The van der Waals surface area contributed by atoms with Gasteiger partial charge < -0.3 is 20.2 Å². The SMILES string of the molecule is CN(CCC(=O)O)C(=O)Nc1ccc(CC(=O)N2CCc3ccccc32)cc1. The van der Waals surface area contributed by atoms with E-state index in [1.54, 1.807) is 19.2 Å². The second-order valence-corrected chi connectivity index (χ2v) is 6.79. The van der Waals surface area contributed by atoms with Gasteiger partial charge in [-0.15, -0.1) is 0 Å². The zero-order chi connectivity index (χ0) is 20.1. The van der Waals surface area contributed by atoms with Crippen LogP contribution in [0.1, 0.15) is 17.5 Å². The van der Waals surface area contributed by atoms with E-state index in [0.29, 0.717) is 18.7 Å². The maximum absolute atomic E-state index is 12.7. The molecular weight excluding hydrogens is 358 g/mol. The van der Waals surface area contributed by atoms with Crippen LogP contribution >= 0.6 is 0 Å². The summed E-state index contributed by atoms with van der Waals surface area (Å²) >= 11 is 0. The van der Waals surface area contributed by atoms with Crippen LogP contribution in [0.2, 0.25) is 0 Å². The molecular formula is C21H23N3O4. The van der Waals surface area contributed by atoms with E-state index in [1.807, 2.05) is 41.3 Å². The number of carbonyl (C=O) groups is 3. The van der Waals surface area contributed by atoms with Crippen molar-refractivity contribution in [2.75, 3.05) is 30.4 Å². The largest absolute Gasteiger partial charge is 0.481 e. The second kappa shape index (κ2) is 8.56. The van der Waals surface area contributed by atoms with E-state index in [9.17, 15) is 14.4 Å². The van der Waals surface area contributed by atoms with Gasteiger partial charge >= 0.3 is 12.0 Å². The first kappa shape index (κ1) is 19.4. The Balaban J connectivity index is 1.55.